The van der Waals surface area contributed by atoms with E-state index in [0.717, 1.165) is 18.9 Å². The van der Waals surface area contributed by atoms with E-state index in [9.17, 15) is 13.2 Å². The van der Waals surface area contributed by atoms with Gasteiger partial charge in [0.1, 0.15) is 5.82 Å². The topological polar surface area (TPSA) is 83.1 Å². The number of carbonyl (C=O) groups excluding carboxylic acids is 1. The van der Waals surface area contributed by atoms with Crippen molar-refractivity contribution in [2.75, 3.05) is 64.1 Å². The summed E-state index contributed by atoms with van der Waals surface area (Å²) in [5.74, 6) is 0.909. The van der Waals surface area contributed by atoms with Crippen molar-refractivity contribution < 1.29 is 17.9 Å². The Morgan fingerprint density at radius 2 is 1.96 bits per heavy atom. The molecule has 2 rings (SSSR count). The molecule has 1 saturated heterocycles. The predicted molar refractivity (Wildman–Crippen MR) is 101 cm³/mol. The minimum absolute atomic E-state index is 0.00828. The van der Waals surface area contributed by atoms with Gasteiger partial charge in [0, 0.05) is 65.6 Å². The van der Waals surface area contributed by atoms with Gasteiger partial charge in [-0.25, -0.2) is 17.7 Å². The summed E-state index contributed by atoms with van der Waals surface area (Å²) in [5, 5.41) is 0. The second-order valence-electron chi connectivity index (χ2n) is 6.31. The zero-order valence-corrected chi connectivity index (χ0v) is 16.3. The largest absolute Gasteiger partial charge is 0.385 e. The van der Waals surface area contributed by atoms with Gasteiger partial charge < -0.3 is 14.5 Å². The molecule has 0 unspecified atom stereocenters. The van der Waals surface area contributed by atoms with Crippen LogP contribution in [0.5, 0.6) is 0 Å². The molecule has 1 aliphatic rings. The van der Waals surface area contributed by atoms with E-state index < -0.39 is 10.0 Å². The number of amides is 1. The van der Waals surface area contributed by atoms with Crippen LogP contribution in [0.2, 0.25) is 0 Å². The molecule has 0 spiro atoms. The quantitative estimate of drug-likeness (QED) is 0.574. The SMILES string of the molecule is COCCCN(CCC(=O)N1CCN(c2ccccn2)CC1)S(C)(=O)=O. The molecule has 8 nitrogen and oxygen atoms in total. The summed E-state index contributed by atoms with van der Waals surface area (Å²) in [7, 11) is -1.74. The number of rotatable bonds is 9. The van der Waals surface area contributed by atoms with Crippen molar-refractivity contribution >= 4 is 21.7 Å². The summed E-state index contributed by atoms with van der Waals surface area (Å²) < 4.78 is 30.0. The van der Waals surface area contributed by atoms with E-state index in [1.807, 2.05) is 18.2 Å². The van der Waals surface area contributed by atoms with Gasteiger partial charge in [0.25, 0.3) is 0 Å². The van der Waals surface area contributed by atoms with Crippen molar-refractivity contribution in [3.8, 4) is 0 Å². The van der Waals surface area contributed by atoms with Crippen molar-refractivity contribution in [1.82, 2.24) is 14.2 Å². The fraction of sp³-hybridized carbons (Fsp3) is 0.647. The van der Waals surface area contributed by atoms with Crippen LogP contribution in [0.1, 0.15) is 12.8 Å². The average Bonchev–Trinajstić information content (AvgIpc) is 2.64. The fourth-order valence-electron chi connectivity index (χ4n) is 2.93. The number of aromatic nitrogens is 1. The summed E-state index contributed by atoms with van der Waals surface area (Å²) >= 11 is 0. The van der Waals surface area contributed by atoms with Crippen molar-refractivity contribution in [1.29, 1.82) is 0 Å². The third kappa shape index (κ3) is 6.22. The van der Waals surface area contributed by atoms with Gasteiger partial charge in [0.15, 0.2) is 0 Å². The van der Waals surface area contributed by atoms with Crippen LogP contribution in [0.4, 0.5) is 5.82 Å². The summed E-state index contributed by atoms with van der Waals surface area (Å²) in [4.78, 5) is 20.7. The first-order valence-electron chi connectivity index (χ1n) is 8.79. The summed E-state index contributed by atoms with van der Waals surface area (Å²) in [5.41, 5.74) is 0. The van der Waals surface area contributed by atoms with Crippen molar-refractivity contribution in [2.24, 2.45) is 0 Å². The predicted octanol–water partition coefficient (Wildman–Crippen LogP) is 0.418. The van der Waals surface area contributed by atoms with E-state index in [0.29, 0.717) is 32.7 Å². The molecular formula is C17H28N4O4S. The van der Waals surface area contributed by atoms with Crippen LogP contribution in [0.3, 0.4) is 0 Å². The first kappa shape index (κ1) is 20.6. The number of pyridine rings is 1. The number of sulfonamides is 1. The van der Waals surface area contributed by atoms with E-state index in [-0.39, 0.29) is 18.9 Å². The molecule has 0 aromatic carbocycles. The molecule has 26 heavy (non-hydrogen) atoms. The van der Waals surface area contributed by atoms with Gasteiger partial charge in [0.05, 0.1) is 6.26 Å². The van der Waals surface area contributed by atoms with Crippen LogP contribution in [-0.2, 0) is 19.6 Å². The maximum atomic E-state index is 12.4. The minimum atomic E-state index is -3.33. The molecule has 1 aliphatic heterocycles. The molecule has 0 N–H and O–H groups in total. The second-order valence-corrected chi connectivity index (χ2v) is 8.30. The number of piperazine rings is 1. The average molecular weight is 385 g/mol. The van der Waals surface area contributed by atoms with Crippen LogP contribution in [0, 0.1) is 0 Å². The second kappa shape index (κ2) is 9.84. The maximum Gasteiger partial charge on any atom is 0.224 e. The van der Waals surface area contributed by atoms with Crippen molar-refractivity contribution in [3.63, 3.8) is 0 Å². The van der Waals surface area contributed by atoms with Gasteiger partial charge in [-0.05, 0) is 18.6 Å². The van der Waals surface area contributed by atoms with Gasteiger partial charge in [-0.3, -0.25) is 4.79 Å². The Balaban J connectivity index is 1.80. The highest BCUT2D eigenvalue weighted by molar-refractivity contribution is 7.88. The van der Waals surface area contributed by atoms with Crippen LogP contribution in [0.25, 0.3) is 0 Å². The van der Waals surface area contributed by atoms with Crippen molar-refractivity contribution in [2.45, 2.75) is 12.8 Å². The van der Waals surface area contributed by atoms with Crippen LogP contribution < -0.4 is 4.90 Å². The number of hydrogen-bond donors (Lipinski definition) is 0. The highest BCUT2D eigenvalue weighted by Crippen LogP contribution is 2.13. The molecule has 9 heteroatoms. The molecule has 1 amide bonds. The molecule has 0 saturated carbocycles. The molecule has 0 bridgehead atoms. The summed E-state index contributed by atoms with van der Waals surface area (Å²) in [6.45, 7) is 3.78. The van der Waals surface area contributed by atoms with Gasteiger partial charge in [-0.1, -0.05) is 6.07 Å². The molecule has 1 aromatic rings. The number of ether oxygens (including phenoxy) is 1. The molecule has 2 heterocycles. The standard InChI is InChI=1S/C17H28N4O4S/c1-25-15-5-9-21(26(2,23)24)10-7-17(22)20-13-11-19(12-14-20)16-6-3-4-8-18-16/h3-4,6,8H,5,7,9-15H2,1-2H3. The zero-order chi connectivity index (χ0) is 19.0. The lowest BCUT2D eigenvalue weighted by Crippen LogP contribution is -2.49. The number of anilines is 1. The Hall–Kier alpha value is -1.71. The molecule has 1 fully saturated rings. The molecule has 146 valence electrons. The monoisotopic (exact) mass is 384 g/mol. The number of nitrogens with zero attached hydrogens (tertiary/aromatic N) is 4. The Labute approximate surface area is 155 Å². The number of hydrogen-bond acceptors (Lipinski definition) is 6. The minimum Gasteiger partial charge on any atom is -0.385 e. The fourth-order valence-corrected chi connectivity index (χ4v) is 3.82. The van der Waals surface area contributed by atoms with Gasteiger partial charge in [-0.15, -0.1) is 0 Å². The zero-order valence-electron chi connectivity index (χ0n) is 15.5. The first-order valence-corrected chi connectivity index (χ1v) is 10.6. The Morgan fingerprint density at radius 1 is 1.23 bits per heavy atom. The van der Waals surface area contributed by atoms with Crippen LogP contribution in [0.15, 0.2) is 24.4 Å². The van der Waals surface area contributed by atoms with Gasteiger partial charge >= 0.3 is 0 Å². The molecule has 1 aromatic heterocycles. The molecule has 0 aliphatic carbocycles. The van der Waals surface area contributed by atoms with E-state index >= 15 is 0 Å². The summed E-state index contributed by atoms with van der Waals surface area (Å²) in [6, 6.07) is 5.79. The Bertz CT molecular complexity index is 661. The number of methoxy groups -OCH3 is 1. The van der Waals surface area contributed by atoms with Crippen molar-refractivity contribution in [3.05, 3.63) is 24.4 Å². The van der Waals surface area contributed by atoms with E-state index in [1.54, 1.807) is 18.2 Å². The van der Waals surface area contributed by atoms with E-state index in [4.69, 9.17) is 4.74 Å². The Morgan fingerprint density at radius 3 is 2.54 bits per heavy atom. The summed E-state index contributed by atoms with van der Waals surface area (Å²) in [6.07, 6.45) is 3.75. The Kier molecular flexibility index (Phi) is 7.80. The maximum absolute atomic E-state index is 12.4. The first-order chi connectivity index (χ1) is 12.4. The molecule has 0 atom stereocenters. The lowest BCUT2D eigenvalue weighted by molar-refractivity contribution is -0.131. The molecular weight excluding hydrogens is 356 g/mol. The highest BCUT2D eigenvalue weighted by atomic mass is 32.2. The third-order valence-electron chi connectivity index (χ3n) is 4.41. The smallest absolute Gasteiger partial charge is 0.224 e. The van der Waals surface area contributed by atoms with E-state index in [1.165, 1.54) is 10.6 Å². The lowest BCUT2D eigenvalue weighted by Gasteiger charge is -2.35. The lowest BCUT2D eigenvalue weighted by atomic mass is 10.2. The highest BCUT2D eigenvalue weighted by Gasteiger charge is 2.23. The molecule has 0 radical (unpaired) electrons. The number of carbonyl (C=O) groups is 1. The van der Waals surface area contributed by atoms with Gasteiger partial charge in [0.2, 0.25) is 15.9 Å². The van der Waals surface area contributed by atoms with Crippen LogP contribution in [-0.4, -0.2) is 87.8 Å². The third-order valence-corrected chi connectivity index (χ3v) is 5.71. The van der Waals surface area contributed by atoms with Crippen LogP contribution >= 0.6 is 0 Å². The normalized spacial score (nSPS) is 15.5. The van der Waals surface area contributed by atoms with Gasteiger partial charge in [-0.2, -0.15) is 0 Å². The van der Waals surface area contributed by atoms with E-state index in [2.05, 4.69) is 9.88 Å².